The number of hydrogen-bond acceptors (Lipinski definition) is 4. The SMILES string of the molecule is CCOC1(C)O/C(=C\c2c(-c3ccccc3)cccc2-c2ccccc2)C(=O)/C(=C/c2c(-c3ccccc3)cccc2-c2ccccc2)O1. The molecule has 1 aliphatic heterocycles. The molecule has 240 valence electrons. The second kappa shape index (κ2) is 14.0. The van der Waals surface area contributed by atoms with Crippen molar-refractivity contribution < 1.29 is 19.0 Å². The second-order valence-corrected chi connectivity index (χ2v) is 11.8. The van der Waals surface area contributed by atoms with Gasteiger partial charge in [-0.05, 0) is 74.7 Å². The normalized spacial score (nSPS) is 17.5. The van der Waals surface area contributed by atoms with Crippen molar-refractivity contribution in [2.24, 2.45) is 0 Å². The van der Waals surface area contributed by atoms with E-state index in [1.807, 2.05) is 104 Å². The molecule has 1 fully saturated rings. The summed E-state index contributed by atoms with van der Waals surface area (Å²) in [5.74, 6) is -1.65. The molecule has 0 N–H and O–H groups in total. The van der Waals surface area contributed by atoms with Gasteiger partial charge in [-0.3, -0.25) is 4.79 Å². The number of ether oxygens (including phenoxy) is 3. The summed E-state index contributed by atoms with van der Waals surface area (Å²) in [7, 11) is 0. The number of ketones is 1. The maximum atomic E-state index is 14.6. The average molecular weight is 641 g/mol. The Labute approximate surface area is 287 Å². The fourth-order valence-corrected chi connectivity index (χ4v) is 6.33. The first-order chi connectivity index (χ1) is 24.0. The molecule has 1 saturated heterocycles. The molecule has 6 aromatic rings. The summed E-state index contributed by atoms with van der Waals surface area (Å²) < 4.78 is 18.7. The van der Waals surface area contributed by atoms with Gasteiger partial charge < -0.3 is 14.2 Å². The molecule has 6 aromatic carbocycles. The van der Waals surface area contributed by atoms with Crippen LogP contribution in [-0.2, 0) is 19.0 Å². The van der Waals surface area contributed by atoms with Crippen molar-refractivity contribution in [2.45, 2.75) is 19.8 Å². The van der Waals surface area contributed by atoms with Crippen LogP contribution >= 0.6 is 0 Å². The van der Waals surface area contributed by atoms with Gasteiger partial charge in [-0.2, -0.15) is 0 Å². The third-order valence-electron chi connectivity index (χ3n) is 8.55. The van der Waals surface area contributed by atoms with Crippen molar-refractivity contribution in [3.05, 3.63) is 180 Å². The van der Waals surface area contributed by atoms with Crippen molar-refractivity contribution in [3.8, 4) is 44.5 Å². The van der Waals surface area contributed by atoms with Crippen LogP contribution in [0.2, 0.25) is 0 Å². The second-order valence-electron chi connectivity index (χ2n) is 11.8. The third-order valence-corrected chi connectivity index (χ3v) is 8.55. The van der Waals surface area contributed by atoms with E-state index < -0.39 is 5.97 Å². The Morgan fingerprint density at radius 3 is 1.08 bits per heavy atom. The van der Waals surface area contributed by atoms with Gasteiger partial charge in [0, 0.05) is 6.92 Å². The van der Waals surface area contributed by atoms with E-state index >= 15 is 0 Å². The summed E-state index contributed by atoms with van der Waals surface area (Å²) in [6.07, 6.45) is 3.67. The monoisotopic (exact) mass is 640 g/mol. The minimum atomic E-state index is -1.54. The smallest absolute Gasteiger partial charge is 0.368 e. The van der Waals surface area contributed by atoms with Gasteiger partial charge >= 0.3 is 5.97 Å². The molecule has 1 heterocycles. The van der Waals surface area contributed by atoms with Crippen molar-refractivity contribution in [1.29, 1.82) is 0 Å². The summed E-state index contributed by atoms with van der Waals surface area (Å²) >= 11 is 0. The van der Waals surface area contributed by atoms with E-state index in [1.54, 1.807) is 6.92 Å². The maximum absolute atomic E-state index is 14.6. The fraction of sp³-hybridized carbons (Fsp3) is 0.0889. The molecule has 0 aliphatic carbocycles. The van der Waals surface area contributed by atoms with Crippen LogP contribution in [0.5, 0.6) is 0 Å². The number of carbonyl (C=O) groups excluding carboxylic acids is 1. The van der Waals surface area contributed by atoms with Gasteiger partial charge in [0.05, 0.1) is 6.61 Å². The van der Waals surface area contributed by atoms with Gasteiger partial charge in [0.15, 0.2) is 11.5 Å². The number of benzene rings is 6. The van der Waals surface area contributed by atoms with E-state index in [4.69, 9.17) is 14.2 Å². The molecule has 0 bridgehead atoms. The molecule has 1 aliphatic rings. The van der Waals surface area contributed by atoms with Crippen LogP contribution in [0.25, 0.3) is 56.7 Å². The lowest BCUT2D eigenvalue weighted by Gasteiger charge is -2.35. The van der Waals surface area contributed by atoms with Crippen molar-refractivity contribution in [1.82, 2.24) is 0 Å². The van der Waals surface area contributed by atoms with Crippen molar-refractivity contribution in [3.63, 3.8) is 0 Å². The molecular weight excluding hydrogens is 604 g/mol. The van der Waals surface area contributed by atoms with E-state index in [9.17, 15) is 4.79 Å². The van der Waals surface area contributed by atoms with Crippen LogP contribution < -0.4 is 0 Å². The molecule has 0 radical (unpaired) electrons. The molecule has 0 unspecified atom stereocenters. The van der Waals surface area contributed by atoms with E-state index in [2.05, 4.69) is 72.8 Å². The fourth-order valence-electron chi connectivity index (χ4n) is 6.33. The largest absolute Gasteiger partial charge is 0.426 e. The topological polar surface area (TPSA) is 44.8 Å². The number of Topliss-reactive ketones (excluding diaryl/α,β-unsaturated/α-hetero) is 1. The van der Waals surface area contributed by atoms with E-state index in [0.717, 1.165) is 55.6 Å². The predicted molar refractivity (Wildman–Crippen MR) is 198 cm³/mol. The lowest BCUT2D eigenvalue weighted by atomic mass is 9.90. The van der Waals surface area contributed by atoms with Gasteiger partial charge in [0.2, 0.25) is 0 Å². The van der Waals surface area contributed by atoms with Crippen LogP contribution in [0.3, 0.4) is 0 Å². The Bertz CT molecular complexity index is 1870. The van der Waals surface area contributed by atoms with Crippen LogP contribution in [0, 0.1) is 0 Å². The molecule has 0 atom stereocenters. The first kappa shape index (κ1) is 31.6. The summed E-state index contributed by atoms with van der Waals surface area (Å²) in [6.45, 7) is 3.89. The highest BCUT2D eigenvalue weighted by atomic mass is 16.9. The van der Waals surface area contributed by atoms with Gasteiger partial charge in [0.25, 0.3) is 5.78 Å². The molecule has 0 saturated carbocycles. The highest BCUT2D eigenvalue weighted by Gasteiger charge is 2.41. The first-order valence-corrected chi connectivity index (χ1v) is 16.5. The van der Waals surface area contributed by atoms with Crippen molar-refractivity contribution in [2.75, 3.05) is 6.61 Å². The number of rotatable bonds is 8. The van der Waals surface area contributed by atoms with Gasteiger partial charge in [-0.15, -0.1) is 0 Å². The lowest BCUT2D eigenvalue weighted by Crippen LogP contribution is -2.42. The number of carbonyl (C=O) groups is 1. The van der Waals surface area contributed by atoms with Crippen LogP contribution in [0.1, 0.15) is 25.0 Å². The van der Waals surface area contributed by atoms with Gasteiger partial charge in [-0.25, -0.2) is 0 Å². The Morgan fingerprint density at radius 2 is 0.796 bits per heavy atom. The zero-order valence-corrected chi connectivity index (χ0v) is 27.5. The summed E-state index contributed by atoms with van der Waals surface area (Å²) in [6, 6.07) is 53.0. The maximum Gasteiger partial charge on any atom is 0.368 e. The van der Waals surface area contributed by atoms with Crippen LogP contribution in [-0.4, -0.2) is 18.4 Å². The third kappa shape index (κ3) is 6.73. The summed E-state index contributed by atoms with van der Waals surface area (Å²) in [5, 5.41) is 0. The van der Waals surface area contributed by atoms with Gasteiger partial charge in [-0.1, -0.05) is 158 Å². The minimum Gasteiger partial charge on any atom is -0.426 e. The predicted octanol–water partition coefficient (Wildman–Crippen LogP) is 11.1. The van der Waals surface area contributed by atoms with Crippen LogP contribution in [0.15, 0.2) is 169 Å². The number of hydrogen-bond donors (Lipinski definition) is 0. The standard InChI is InChI=1S/C45H36O4/c1-3-47-45(2)48-42(30-40-36(32-18-8-4-9-19-32)26-16-27-37(40)33-20-10-5-11-21-33)44(46)43(49-45)31-41-38(34-22-12-6-13-23-34)28-17-29-39(41)35-24-14-7-15-25-35/h4-31H,3H2,1-2H3/b42-30-,43-31-. The van der Waals surface area contributed by atoms with E-state index in [0.29, 0.717) is 6.61 Å². The highest BCUT2D eigenvalue weighted by molar-refractivity contribution is 6.12. The first-order valence-electron chi connectivity index (χ1n) is 16.5. The molecule has 0 spiro atoms. The molecule has 4 heteroatoms. The molecule has 0 aromatic heterocycles. The Hall–Kier alpha value is -5.97. The Kier molecular flexibility index (Phi) is 9.05. The molecule has 0 amide bonds. The Balaban J connectivity index is 1.44. The highest BCUT2D eigenvalue weighted by Crippen LogP contribution is 2.40. The van der Waals surface area contributed by atoms with Crippen molar-refractivity contribution >= 4 is 17.9 Å². The molecule has 7 rings (SSSR count). The summed E-state index contributed by atoms with van der Waals surface area (Å²) in [4.78, 5) is 14.6. The molecular formula is C45H36O4. The quantitative estimate of drug-likeness (QED) is 0.155. The van der Waals surface area contributed by atoms with E-state index in [-0.39, 0.29) is 17.3 Å². The summed E-state index contributed by atoms with van der Waals surface area (Å²) in [5.41, 5.74) is 9.72. The minimum absolute atomic E-state index is 0.132. The van der Waals surface area contributed by atoms with E-state index in [1.165, 1.54) is 0 Å². The zero-order chi connectivity index (χ0) is 33.6. The average Bonchev–Trinajstić information content (AvgIpc) is 3.15. The zero-order valence-electron chi connectivity index (χ0n) is 27.5. The Morgan fingerprint density at radius 1 is 0.490 bits per heavy atom. The molecule has 4 nitrogen and oxygen atoms in total. The molecule has 49 heavy (non-hydrogen) atoms. The lowest BCUT2D eigenvalue weighted by molar-refractivity contribution is -0.343. The van der Waals surface area contributed by atoms with Crippen LogP contribution in [0.4, 0.5) is 0 Å². The van der Waals surface area contributed by atoms with Gasteiger partial charge in [0.1, 0.15) is 0 Å².